The summed E-state index contributed by atoms with van der Waals surface area (Å²) in [5.41, 5.74) is 3.86. The maximum absolute atomic E-state index is 11.5. The van der Waals surface area contributed by atoms with Crippen molar-refractivity contribution in [2.75, 3.05) is 0 Å². The Labute approximate surface area is 114 Å². The highest BCUT2D eigenvalue weighted by molar-refractivity contribution is 5.89. The molecule has 1 saturated carbocycles. The molecule has 1 N–H and O–H groups in total. The van der Waals surface area contributed by atoms with Crippen molar-refractivity contribution in [3.8, 4) is 0 Å². The van der Waals surface area contributed by atoms with Gasteiger partial charge in [-0.25, -0.2) is 0 Å². The lowest BCUT2D eigenvalue weighted by Gasteiger charge is -2.23. The Morgan fingerprint density at radius 2 is 2.11 bits per heavy atom. The zero-order chi connectivity index (χ0) is 13.6. The third-order valence-corrected chi connectivity index (χ3v) is 4.18. The van der Waals surface area contributed by atoms with Crippen LogP contribution in [0.2, 0.25) is 0 Å². The highest BCUT2D eigenvalue weighted by atomic mass is 16.1. The molecule has 0 unspecified atom stereocenters. The van der Waals surface area contributed by atoms with Gasteiger partial charge in [0.25, 0.3) is 0 Å². The van der Waals surface area contributed by atoms with E-state index >= 15 is 0 Å². The number of Topliss-reactive ketones (excluding diaryl/α,β-unsaturated/α-hetero) is 1. The zero-order valence-corrected chi connectivity index (χ0v) is 11.9. The summed E-state index contributed by atoms with van der Waals surface area (Å²) in [7, 11) is 0. The van der Waals surface area contributed by atoms with Crippen LogP contribution in [-0.2, 0) is 10.2 Å². The van der Waals surface area contributed by atoms with E-state index in [4.69, 9.17) is 0 Å². The third kappa shape index (κ3) is 2.20. The minimum absolute atomic E-state index is 0.102. The lowest BCUT2D eigenvalue weighted by Crippen LogP contribution is -2.20. The molecule has 1 aliphatic carbocycles. The summed E-state index contributed by atoms with van der Waals surface area (Å²) in [6.07, 6.45) is 5.30. The van der Waals surface area contributed by atoms with Gasteiger partial charge >= 0.3 is 0 Å². The number of hydrogen-bond acceptors (Lipinski definition) is 1. The molecule has 1 fully saturated rings. The summed E-state index contributed by atoms with van der Waals surface area (Å²) >= 11 is 0. The second-order valence-electron chi connectivity index (χ2n) is 6.51. The molecule has 3 rings (SSSR count). The third-order valence-electron chi connectivity index (χ3n) is 4.18. The van der Waals surface area contributed by atoms with Crippen molar-refractivity contribution in [1.82, 2.24) is 4.98 Å². The molecule has 1 aromatic carbocycles. The Morgan fingerprint density at radius 1 is 1.37 bits per heavy atom. The van der Waals surface area contributed by atoms with E-state index in [-0.39, 0.29) is 11.2 Å². The number of aromatic nitrogens is 1. The molecule has 1 aromatic heterocycles. The molecule has 19 heavy (non-hydrogen) atoms. The number of benzene rings is 1. The largest absolute Gasteiger partial charge is 0.361 e. The second-order valence-corrected chi connectivity index (χ2v) is 6.51. The zero-order valence-electron chi connectivity index (χ0n) is 11.9. The number of hydrogen-bond donors (Lipinski definition) is 1. The van der Waals surface area contributed by atoms with Gasteiger partial charge < -0.3 is 4.98 Å². The molecule has 2 nitrogen and oxygen atoms in total. The fourth-order valence-electron chi connectivity index (χ4n) is 3.20. The highest BCUT2D eigenvalue weighted by Gasteiger charge is 2.31. The standard InChI is InChI=1S/C17H21NO/c1-11(19)9-17(2,3)14-10-18-15-6-4-5-13(16(14)15)12-7-8-12/h4-6,10,12,18H,7-9H2,1-3H3. The quantitative estimate of drug-likeness (QED) is 0.868. The first-order valence-corrected chi connectivity index (χ1v) is 7.09. The SMILES string of the molecule is CC(=O)CC(C)(C)c1c[nH]c2cccc(C3CC3)c12. The van der Waals surface area contributed by atoms with Crippen LogP contribution in [0.5, 0.6) is 0 Å². The summed E-state index contributed by atoms with van der Waals surface area (Å²) in [6.45, 7) is 6.01. The molecular weight excluding hydrogens is 234 g/mol. The van der Waals surface area contributed by atoms with Gasteiger partial charge in [0.15, 0.2) is 0 Å². The predicted molar refractivity (Wildman–Crippen MR) is 78.6 cm³/mol. The van der Waals surface area contributed by atoms with Gasteiger partial charge in [-0.05, 0) is 48.3 Å². The van der Waals surface area contributed by atoms with Gasteiger partial charge in [0.1, 0.15) is 5.78 Å². The van der Waals surface area contributed by atoms with Crippen molar-refractivity contribution in [1.29, 1.82) is 0 Å². The number of fused-ring (bicyclic) bond motifs is 1. The Kier molecular flexibility index (Phi) is 2.77. The summed E-state index contributed by atoms with van der Waals surface area (Å²) in [6, 6.07) is 6.52. The molecule has 2 heteroatoms. The van der Waals surface area contributed by atoms with E-state index in [9.17, 15) is 4.79 Å². The minimum atomic E-state index is -0.102. The summed E-state index contributed by atoms with van der Waals surface area (Å²) in [5, 5.41) is 1.36. The van der Waals surface area contributed by atoms with Crippen LogP contribution in [0.1, 0.15) is 57.1 Å². The van der Waals surface area contributed by atoms with Crippen molar-refractivity contribution >= 4 is 16.7 Å². The van der Waals surface area contributed by atoms with Gasteiger partial charge in [-0.2, -0.15) is 0 Å². The summed E-state index contributed by atoms with van der Waals surface area (Å²) < 4.78 is 0. The Balaban J connectivity index is 2.16. The van der Waals surface area contributed by atoms with Gasteiger partial charge in [-0.1, -0.05) is 26.0 Å². The van der Waals surface area contributed by atoms with Crippen molar-refractivity contribution in [2.24, 2.45) is 0 Å². The van der Waals surface area contributed by atoms with Crippen LogP contribution in [0, 0.1) is 0 Å². The molecule has 0 saturated heterocycles. The first-order valence-electron chi connectivity index (χ1n) is 7.09. The topological polar surface area (TPSA) is 32.9 Å². The van der Waals surface area contributed by atoms with E-state index < -0.39 is 0 Å². The fraction of sp³-hybridized carbons (Fsp3) is 0.471. The first-order chi connectivity index (χ1) is 8.99. The molecule has 2 aromatic rings. The fourth-order valence-corrected chi connectivity index (χ4v) is 3.20. The molecule has 0 amide bonds. The van der Waals surface area contributed by atoms with Crippen LogP contribution < -0.4 is 0 Å². The Hall–Kier alpha value is -1.57. The maximum atomic E-state index is 11.5. The lowest BCUT2D eigenvalue weighted by molar-refractivity contribution is -0.118. The number of nitrogens with one attached hydrogen (secondary N) is 1. The van der Waals surface area contributed by atoms with Gasteiger partial charge in [0.2, 0.25) is 0 Å². The van der Waals surface area contributed by atoms with Crippen LogP contribution in [-0.4, -0.2) is 10.8 Å². The van der Waals surface area contributed by atoms with E-state index in [1.165, 1.54) is 34.9 Å². The van der Waals surface area contributed by atoms with Crippen molar-refractivity contribution < 1.29 is 4.79 Å². The van der Waals surface area contributed by atoms with Gasteiger partial charge in [0, 0.05) is 23.5 Å². The molecule has 1 aliphatic rings. The van der Waals surface area contributed by atoms with Gasteiger partial charge in [-0.15, -0.1) is 0 Å². The number of aromatic amines is 1. The summed E-state index contributed by atoms with van der Waals surface area (Å²) in [5.74, 6) is 0.981. The second kappa shape index (κ2) is 4.22. The predicted octanol–water partition coefficient (Wildman–Crippen LogP) is 4.30. The lowest BCUT2D eigenvalue weighted by atomic mass is 9.79. The van der Waals surface area contributed by atoms with Crippen LogP contribution in [0.25, 0.3) is 10.9 Å². The molecule has 0 aliphatic heterocycles. The van der Waals surface area contributed by atoms with Crippen LogP contribution in [0.3, 0.4) is 0 Å². The van der Waals surface area contributed by atoms with Gasteiger partial charge in [-0.3, -0.25) is 4.79 Å². The maximum Gasteiger partial charge on any atom is 0.130 e. The average Bonchev–Trinajstić information content (AvgIpc) is 3.05. The van der Waals surface area contributed by atoms with Crippen LogP contribution in [0.4, 0.5) is 0 Å². The number of H-pyrrole nitrogens is 1. The van der Waals surface area contributed by atoms with Crippen LogP contribution in [0.15, 0.2) is 24.4 Å². The van der Waals surface area contributed by atoms with E-state index in [0.29, 0.717) is 6.42 Å². The Morgan fingerprint density at radius 3 is 2.74 bits per heavy atom. The number of carbonyl (C=O) groups excluding carboxylic acids is 1. The molecule has 0 radical (unpaired) electrons. The number of carbonyl (C=O) groups is 1. The molecule has 1 heterocycles. The Bertz CT molecular complexity index is 632. The number of rotatable bonds is 4. The van der Waals surface area contributed by atoms with E-state index in [1.807, 2.05) is 0 Å². The first kappa shape index (κ1) is 12.5. The van der Waals surface area contributed by atoms with Crippen LogP contribution >= 0.6 is 0 Å². The van der Waals surface area contributed by atoms with Crippen molar-refractivity contribution in [2.45, 2.75) is 51.4 Å². The van der Waals surface area contributed by atoms with E-state index in [0.717, 1.165) is 5.92 Å². The monoisotopic (exact) mass is 255 g/mol. The smallest absolute Gasteiger partial charge is 0.130 e. The van der Waals surface area contributed by atoms with Gasteiger partial charge in [0.05, 0.1) is 0 Å². The molecular formula is C17H21NO. The van der Waals surface area contributed by atoms with E-state index in [1.54, 1.807) is 6.92 Å². The molecule has 100 valence electrons. The minimum Gasteiger partial charge on any atom is -0.361 e. The number of ketones is 1. The van der Waals surface area contributed by atoms with Crippen molar-refractivity contribution in [3.05, 3.63) is 35.5 Å². The normalized spacial score (nSPS) is 15.9. The molecule has 0 spiro atoms. The molecule has 0 bridgehead atoms. The van der Waals surface area contributed by atoms with E-state index in [2.05, 4.69) is 43.2 Å². The highest BCUT2D eigenvalue weighted by Crippen LogP contribution is 2.45. The summed E-state index contributed by atoms with van der Waals surface area (Å²) in [4.78, 5) is 14.9. The van der Waals surface area contributed by atoms with Crippen molar-refractivity contribution in [3.63, 3.8) is 0 Å². The average molecular weight is 255 g/mol. The molecule has 0 atom stereocenters.